The lowest BCUT2D eigenvalue weighted by molar-refractivity contribution is -0.896. The Morgan fingerprint density at radius 3 is 2.53 bits per heavy atom. The van der Waals surface area contributed by atoms with Crippen LogP contribution >= 0.6 is 0 Å². The summed E-state index contributed by atoms with van der Waals surface area (Å²) in [6.07, 6.45) is 4.05. The number of carbonyl (C=O) groups excluding carboxylic acids is 3. The number of rotatable bonds is 8. The highest BCUT2D eigenvalue weighted by Gasteiger charge is 2.36. The van der Waals surface area contributed by atoms with Crippen molar-refractivity contribution in [3.63, 3.8) is 0 Å². The molecule has 0 bridgehead atoms. The molecule has 2 amide bonds. The standard InChI is InChI=1S/C26H39N5O3/c1-27-25(33)24(5-4-16-32)30-19-21-17-22(6-7-23(21)26(30)34)29-12-10-28(11-13-29)18-20-8-14-31(2,3)15-9-20/h6-7,16-17,20,24H,4-5,8-15,18-19H2,1-3H3/p+1. The van der Waals surface area contributed by atoms with E-state index in [2.05, 4.69) is 35.3 Å². The van der Waals surface area contributed by atoms with Crippen molar-refractivity contribution in [1.29, 1.82) is 0 Å². The van der Waals surface area contributed by atoms with E-state index >= 15 is 0 Å². The number of nitrogens with one attached hydrogen (secondary N) is 1. The molecule has 3 aliphatic rings. The van der Waals surface area contributed by atoms with E-state index in [9.17, 15) is 14.4 Å². The second-order valence-corrected chi connectivity index (χ2v) is 10.8. The molecule has 186 valence electrons. The van der Waals surface area contributed by atoms with Gasteiger partial charge in [0, 0.05) is 76.8 Å². The van der Waals surface area contributed by atoms with Gasteiger partial charge >= 0.3 is 0 Å². The molecule has 34 heavy (non-hydrogen) atoms. The van der Waals surface area contributed by atoms with Crippen LogP contribution in [0.1, 0.15) is 41.6 Å². The maximum atomic E-state index is 13.0. The van der Waals surface area contributed by atoms with E-state index in [0.29, 0.717) is 18.5 Å². The summed E-state index contributed by atoms with van der Waals surface area (Å²) in [4.78, 5) is 42.9. The fourth-order valence-electron chi connectivity index (χ4n) is 5.66. The molecule has 0 radical (unpaired) electrons. The molecule has 1 aromatic carbocycles. The summed E-state index contributed by atoms with van der Waals surface area (Å²) in [5, 5.41) is 2.64. The summed E-state index contributed by atoms with van der Waals surface area (Å²) in [6.45, 7) is 8.31. The smallest absolute Gasteiger partial charge is 0.255 e. The second kappa shape index (κ2) is 10.4. The van der Waals surface area contributed by atoms with Gasteiger partial charge in [0.25, 0.3) is 5.91 Å². The van der Waals surface area contributed by atoms with Gasteiger partial charge in [-0.2, -0.15) is 0 Å². The van der Waals surface area contributed by atoms with Gasteiger partial charge in [0.15, 0.2) is 0 Å². The number of piperazine rings is 1. The summed E-state index contributed by atoms with van der Waals surface area (Å²) in [7, 11) is 6.24. The number of hydrogen-bond acceptors (Lipinski definition) is 5. The molecule has 0 aromatic heterocycles. The number of anilines is 1. The number of aldehydes is 1. The molecule has 8 nitrogen and oxygen atoms in total. The Bertz CT molecular complexity index is 900. The van der Waals surface area contributed by atoms with Gasteiger partial charge in [0.1, 0.15) is 12.3 Å². The topological polar surface area (TPSA) is 73.0 Å². The molecular formula is C26H40N5O3+. The highest BCUT2D eigenvalue weighted by Crippen LogP contribution is 2.30. The van der Waals surface area contributed by atoms with Crippen molar-refractivity contribution in [3.8, 4) is 0 Å². The van der Waals surface area contributed by atoms with Gasteiger partial charge in [-0.3, -0.25) is 14.5 Å². The molecule has 1 atom stereocenters. The SMILES string of the molecule is CNC(=O)C(CCC=O)N1Cc2cc(N3CCN(CC4CC[N+](C)(C)CC4)CC3)ccc2C1=O. The molecule has 1 aromatic rings. The number of fused-ring (bicyclic) bond motifs is 1. The molecule has 8 heteroatoms. The number of quaternary nitrogens is 1. The third-order valence-electron chi connectivity index (χ3n) is 7.94. The second-order valence-electron chi connectivity index (χ2n) is 10.8. The zero-order chi connectivity index (χ0) is 24.3. The van der Waals surface area contributed by atoms with Gasteiger partial charge in [-0.15, -0.1) is 0 Å². The zero-order valence-corrected chi connectivity index (χ0v) is 21.0. The molecule has 3 heterocycles. The van der Waals surface area contributed by atoms with Crippen molar-refractivity contribution in [2.75, 3.05) is 71.9 Å². The fraction of sp³-hybridized carbons (Fsp3) is 0.654. The lowest BCUT2D eigenvalue weighted by Gasteiger charge is -2.41. The predicted octanol–water partition coefficient (Wildman–Crippen LogP) is 1.34. The summed E-state index contributed by atoms with van der Waals surface area (Å²) < 4.78 is 1.16. The van der Waals surface area contributed by atoms with Crippen molar-refractivity contribution >= 4 is 23.8 Å². The van der Waals surface area contributed by atoms with Crippen molar-refractivity contribution < 1.29 is 18.9 Å². The number of likely N-dealkylation sites (tertiary alicyclic amines) is 1. The third-order valence-corrected chi connectivity index (χ3v) is 7.94. The highest BCUT2D eigenvalue weighted by atomic mass is 16.2. The molecule has 1 unspecified atom stereocenters. The van der Waals surface area contributed by atoms with Crippen molar-refractivity contribution in [3.05, 3.63) is 29.3 Å². The van der Waals surface area contributed by atoms with E-state index in [4.69, 9.17) is 0 Å². The first-order valence-corrected chi connectivity index (χ1v) is 12.7. The van der Waals surface area contributed by atoms with E-state index in [-0.39, 0.29) is 18.2 Å². The van der Waals surface area contributed by atoms with Crippen molar-refractivity contribution in [1.82, 2.24) is 15.1 Å². The van der Waals surface area contributed by atoms with Crippen LogP contribution in [-0.2, 0) is 16.1 Å². The van der Waals surface area contributed by atoms with Crippen LogP contribution in [0.5, 0.6) is 0 Å². The average Bonchev–Trinajstić information content (AvgIpc) is 3.16. The summed E-state index contributed by atoms with van der Waals surface area (Å²) >= 11 is 0. The van der Waals surface area contributed by atoms with E-state index in [0.717, 1.165) is 54.1 Å². The molecule has 4 rings (SSSR count). The molecular weight excluding hydrogens is 430 g/mol. The Morgan fingerprint density at radius 1 is 1.18 bits per heavy atom. The van der Waals surface area contributed by atoms with Gasteiger partial charge in [0.2, 0.25) is 5.91 Å². The first kappa shape index (κ1) is 24.7. The summed E-state index contributed by atoms with van der Waals surface area (Å²) in [5.41, 5.74) is 2.78. The summed E-state index contributed by atoms with van der Waals surface area (Å²) in [5.74, 6) is 0.474. The quantitative estimate of drug-likeness (QED) is 0.459. The highest BCUT2D eigenvalue weighted by molar-refractivity contribution is 6.01. The van der Waals surface area contributed by atoms with Crippen LogP contribution in [0.4, 0.5) is 5.69 Å². The van der Waals surface area contributed by atoms with E-state index < -0.39 is 6.04 Å². The molecule has 0 saturated carbocycles. The van der Waals surface area contributed by atoms with Crippen molar-refractivity contribution in [2.45, 2.75) is 38.3 Å². The average molecular weight is 471 g/mol. The first-order valence-electron chi connectivity index (χ1n) is 12.7. The largest absolute Gasteiger partial charge is 0.369 e. The van der Waals surface area contributed by atoms with Crippen LogP contribution in [0.3, 0.4) is 0 Å². The first-order chi connectivity index (χ1) is 16.3. The molecule has 0 aliphatic carbocycles. The van der Waals surface area contributed by atoms with Gasteiger partial charge in [0.05, 0.1) is 27.2 Å². The Balaban J connectivity index is 1.35. The van der Waals surface area contributed by atoms with Crippen LogP contribution in [-0.4, -0.2) is 105 Å². The Hall–Kier alpha value is -2.45. The number of piperidine rings is 1. The van der Waals surface area contributed by atoms with Crippen LogP contribution in [0, 0.1) is 5.92 Å². The minimum absolute atomic E-state index is 0.125. The minimum atomic E-state index is -0.619. The van der Waals surface area contributed by atoms with E-state index in [1.165, 1.54) is 32.5 Å². The lowest BCUT2D eigenvalue weighted by atomic mass is 9.95. The number of likely N-dealkylation sites (N-methyl/N-ethyl adjacent to an activating group) is 1. The maximum absolute atomic E-state index is 13.0. The third kappa shape index (κ3) is 5.44. The van der Waals surface area contributed by atoms with E-state index in [1.54, 1.807) is 11.9 Å². The van der Waals surface area contributed by atoms with Crippen LogP contribution in [0.25, 0.3) is 0 Å². The minimum Gasteiger partial charge on any atom is -0.369 e. The maximum Gasteiger partial charge on any atom is 0.255 e. The zero-order valence-electron chi connectivity index (χ0n) is 21.0. The number of carbonyl (C=O) groups is 3. The summed E-state index contributed by atoms with van der Waals surface area (Å²) in [6, 6.07) is 5.44. The van der Waals surface area contributed by atoms with Gasteiger partial charge in [-0.05, 0) is 36.1 Å². The number of benzene rings is 1. The lowest BCUT2D eigenvalue weighted by Crippen LogP contribution is -2.51. The van der Waals surface area contributed by atoms with Gasteiger partial charge in [-0.1, -0.05) is 0 Å². The predicted molar refractivity (Wildman–Crippen MR) is 133 cm³/mol. The number of nitrogens with zero attached hydrogens (tertiary/aromatic N) is 4. The monoisotopic (exact) mass is 470 g/mol. The molecule has 2 fully saturated rings. The van der Waals surface area contributed by atoms with Crippen LogP contribution in [0.2, 0.25) is 0 Å². The Kier molecular flexibility index (Phi) is 7.57. The normalized spacial score (nSPS) is 21.9. The van der Waals surface area contributed by atoms with Crippen molar-refractivity contribution in [2.24, 2.45) is 5.92 Å². The Morgan fingerprint density at radius 2 is 1.88 bits per heavy atom. The number of amides is 2. The van der Waals surface area contributed by atoms with Gasteiger partial charge in [-0.25, -0.2) is 0 Å². The molecule has 3 aliphatic heterocycles. The van der Waals surface area contributed by atoms with Gasteiger partial charge < -0.3 is 24.4 Å². The molecule has 1 N–H and O–H groups in total. The van der Waals surface area contributed by atoms with Crippen LogP contribution in [0.15, 0.2) is 18.2 Å². The molecule has 0 spiro atoms. The Labute approximate surface area is 203 Å². The number of hydrogen-bond donors (Lipinski definition) is 1. The fourth-order valence-corrected chi connectivity index (χ4v) is 5.66. The molecule has 2 saturated heterocycles. The van der Waals surface area contributed by atoms with Crippen LogP contribution < -0.4 is 10.2 Å². The van der Waals surface area contributed by atoms with E-state index in [1.807, 2.05) is 12.1 Å².